The van der Waals surface area contributed by atoms with Gasteiger partial charge in [-0.2, -0.15) is 0 Å². The predicted octanol–water partition coefficient (Wildman–Crippen LogP) is 2.66. The Labute approximate surface area is 125 Å². The summed E-state index contributed by atoms with van der Waals surface area (Å²) in [4.78, 5) is 4.08. The van der Waals surface area contributed by atoms with Crippen molar-refractivity contribution in [2.24, 2.45) is 10.9 Å². The van der Waals surface area contributed by atoms with Gasteiger partial charge >= 0.3 is 0 Å². The van der Waals surface area contributed by atoms with Gasteiger partial charge in [0.1, 0.15) is 5.69 Å². The highest BCUT2D eigenvalue weighted by molar-refractivity contribution is 9.10. The lowest BCUT2D eigenvalue weighted by Gasteiger charge is -2.08. The van der Waals surface area contributed by atoms with Crippen LogP contribution in [-0.4, -0.2) is 16.0 Å². The number of nitrogens with zero attached hydrogens (tertiary/aromatic N) is 2. The Hall–Kier alpha value is -1.92. The summed E-state index contributed by atoms with van der Waals surface area (Å²) in [6.07, 6.45) is 1.59. The van der Waals surface area contributed by atoms with Crippen LogP contribution in [-0.2, 0) is 18.0 Å². The molecular formula is C14H14BrN3O2. The molecular weight excluding hydrogens is 322 g/mol. The first-order valence-corrected chi connectivity index (χ1v) is 6.74. The van der Waals surface area contributed by atoms with E-state index in [1.807, 2.05) is 30.3 Å². The highest BCUT2D eigenvalue weighted by Crippen LogP contribution is 2.13. The van der Waals surface area contributed by atoms with Gasteiger partial charge in [0.05, 0.1) is 13.2 Å². The molecule has 0 amide bonds. The van der Waals surface area contributed by atoms with Crippen molar-refractivity contribution in [2.45, 2.75) is 13.2 Å². The van der Waals surface area contributed by atoms with Gasteiger partial charge in [-0.1, -0.05) is 39.3 Å². The van der Waals surface area contributed by atoms with E-state index in [9.17, 15) is 0 Å². The van der Waals surface area contributed by atoms with Crippen molar-refractivity contribution >= 4 is 21.8 Å². The van der Waals surface area contributed by atoms with Gasteiger partial charge in [0.25, 0.3) is 0 Å². The summed E-state index contributed by atoms with van der Waals surface area (Å²) in [5, 5.41) is 11.7. The fourth-order valence-electron chi connectivity index (χ4n) is 1.69. The zero-order valence-corrected chi connectivity index (χ0v) is 12.2. The Kier molecular flexibility index (Phi) is 5.09. The van der Waals surface area contributed by atoms with Crippen LogP contribution in [0.25, 0.3) is 0 Å². The Morgan fingerprint density at radius 3 is 2.70 bits per heavy atom. The molecule has 3 N–H and O–H groups in total. The second-order valence-corrected chi connectivity index (χ2v) is 5.03. The van der Waals surface area contributed by atoms with Crippen LogP contribution in [0.2, 0.25) is 0 Å². The van der Waals surface area contributed by atoms with Crippen molar-refractivity contribution in [2.75, 3.05) is 0 Å². The monoisotopic (exact) mass is 335 g/mol. The maximum absolute atomic E-state index is 8.72. The minimum atomic E-state index is -0.0205. The van der Waals surface area contributed by atoms with E-state index in [-0.39, 0.29) is 5.84 Å². The van der Waals surface area contributed by atoms with E-state index in [4.69, 9.17) is 15.7 Å². The van der Waals surface area contributed by atoms with Crippen LogP contribution < -0.4 is 5.73 Å². The van der Waals surface area contributed by atoms with E-state index in [0.29, 0.717) is 18.9 Å². The van der Waals surface area contributed by atoms with Crippen LogP contribution in [0.4, 0.5) is 0 Å². The molecule has 0 aliphatic carbocycles. The van der Waals surface area contributed by atoms with Crippen LogP contribution in [0.15, 0.2) is 52.2 Å². The van der Waals surface area contributed by atoms with Gasteiger partial charge in [-0.05, 0) is 23.8 Å². The zero-order valence-electron chi connectivity index (χ0n) is 10.7. The fourth-order valence-corrected chi connectivity index (χ4v) is 1.96. The Morgan fingerprint density at radius 2 is 2.00 bits per heavy atom. The maximum Gasteiger partial charge on any atom is 0.189 e. The molecule has 0 aliphatic heterocycles. The van der Waals surface area contributed by atoms with Gasteiger partial charge in [-0.3, -0.25) is 4.98 Å². The first-order chi connectivity index (χ1) is 9.70. The molecule has 6 heteroatoms. The molecule has 104 valence electrons. The molecule has 1 heterocycles. The average molecular weight is 336 g/mol. The van der Waals surface area contributed by atoms with Crippen LogP contribution >= 0.6 is 15.9 Å². The van der Waals surface area contributed by atoms with Crippen LogP contribution in [0.3, 0.4) is 0 Å². The highest BCUT2D eigenvalue weighted by Gasteiger charge is 2.08. The van der Waals surface area contributed by atoms with E-state index in [0.717, 1.165) is 15.6 Å². The molecule has 0 saturated heterocycles. The largest absolute Gasteiger partial charge is 0.409 e. The second-order valence-electron chi connectivity index (χ2n) is 4.12. The third-order valence-electron chi connectivity index (χ3n) is 2.68. The van der Waals surface area contributed by atoms with Crippen LogP contribution in [0.1, 0.15) is 16.8 Å². The molecule has 2 aromatic rings. The molecule has 0 fully saturated rings. The van der Waals surface area contributed by atoms with Gasteiger partial charge in [0, 0.05) is 16.2 Å². The molecule has 0 aliphatic rings. The number of rotatable bonds is 5. The number of halogens is 1. The number of nitrogens with two attached hydrogens (primary N) is 1. The van der Waals surface area contributed by atoms with Crippen molar-refractivity contribution in [1.29, 1.82) is 0 Å². The molecule has 5 nitrogen and oxygen atoms in total. The summed E-state index contributed by atoms with van der Waals surface area (Å²) in [5.41, 5.74) is 7.86. The number of amidine groups is 1. The molecule has 0 radical (unpaired) electrons. The summed E-state index contributed by atoms with van der Waals surface area (Å²) in [6, 6.07) is 11.5. The molecule has 20 heavy (non-hydrogen) atoms. The summed E-state index contributed by atoms with van der Waals surface area (Å²) in [5.74, 6) is -0.0205. The van der Waals surface area contributed by atoms with Gasteiger partial charge in [0.15, 0.2) is 5.84 Å². The standard InChI is InChI=1S/C14H14BrN3O2/c15-12-5-3-10(4-6-12)8-20-9-11-2-1-7-17-13(11)14(16)18-19/h1-7,19H,8-9H2,(H2,16,18). The highest BCUT2D eigenvalue weighted by atomic mass is 79.9. The van der Waals surface area contributed by atoms with Gasteiger partial charge in [-0.25, -0.2) is 0 Å². The average Bonchev–Trinajstić information content (AvgIpc) is 2.49. The normalized spacial score (nSPS) is 11.6. The lowest BCUT2D eigenvalue weighted by Crippen LogP contribution is -2.17. The minimum Gasteiger partial charge on any atom is -0.409 e. The number of oxime groups is 1. The number of hydrogen-bond donors (Lipinski definition) is 2. The minimum absolute atomic E-state index is 0.0205. The van der Waals surface area contributed by atoms with E-state index in [1.165, 1.54) is 0 Å². The van der Waals surface area contributed by atoms with Gasteiger partial charge in [0.2, 0.25) is 0 Å². The maximum atomic E-state index is 8.72. The van der Waals surface area contributed by atoms with E-state index < -0.39 is 0 Å². The van der Waals surface area contributed by atoms with Crippen LogP contribution in [0.5, 0.6) is 0 Å². The molecule has 0 saturated carbocycles. The number of hydrogen-bond acceptors (Lipinski definition) is 4. The lowest BCUT2D eigenvalue weighted by atomic mass is 10.2. The van der Waals surface area contributed by atoms with Crippen LogP contribution in [0, 0.1) is 0 Å². The number of benzene rings is 1. The second kappa shape index (κ2) is 7.02. The summed E-state index contributed by atoms with van der Waals surface area (Å²) in [6.45, 7) is 0.827. The quantitative estimate of drug-likeness (QED) is 0.381. The van der Waals surface area contributed by atoms with E-state index in [2.05, 4.69) is 26.1 Å². The summed E-state index contributed by atoms with van der Waals surface area (Å²) >= 11 is 3.38. The predicted molar refractivity (Wildman–Crippen MR) is 79.4 cm³/mol. The van der Waals surface area contributed by atoms with E-state index >= 15 is 0 Å². The first-order valence-electron chi connectivity index (χ1n) is 5.94. The number of pyridine rings is 1. The van der Waals surface area contributed by atoms with Crippen molar-refractivity contribution in [1.82, 2.24) is 4.98 Å². The molecule has 0 bridgehead atoms. The Balaban J connectivity index is 1.99. The summed E-state index contributed by atoms with van der Waals surface area (Å²) in [7, 11) is 0. The molecule has 0 spiro atoms. The van der Waals surface area contributed by atoms with Gasteiger partial charge in [-0.15, -0.1) is 0 Å². The molecule has 1 aromatic heterocycles. The third kappa shape index (κ3) is 3.79. The fraction of sp³-hybridized carbons (Fsp3) is 0.143. The number of ether oxygens (including phenoxy) is 1. The smallest absolute Gasteiger partial charge is 0.189 e. The summed E-state index contributed by atoms with van der Waals surface area (Å²) < 4.78 is 6.66. The van der Waals surface area contributed by atoms with Gasteiger partial charge < -0.3 is 15.7 Å². The van der Waals surface area contributed by atoms with Crippen molar-refractivity contribution in [3.05, 3.63) is 63.9 Å². The zero-order chi connectivity index (χ0) is 14.4. The Bertz CT molecular complexity index is 600. The van der Waals surface area contributed by atoms with Crippen molar-refractivity contribution < 1.29 is 9.94 Å². The first kappa shape index (κ1) is 14.5. The molecule has 0 atom stereocenters. The number of aromatic nitrogens is 1. The molecule has 1 aromatic carbocycles. The van der Waals surface area contributed by atoms with Crippen molar-refractivity contribution in [3.63, 3.8) is 0 Å². The third-order valence-corrected chi connectivity index (χ3v) is 3.21. The topological polar surface area (TPSA) is 80.7 Å². The van der Waals surface area contributed by atoms with Crippen molar-refractivity contribution in [3.8, 4) is 0 Å². The Morgan fingerprint density at radius 1 is 1.25 bits per heavy atom. The molecule has 0 unspecified atom stereocenters. The lowest BCUT2D eigenvalue weighted by molar-refractivity contribution is 0.107. The SMILES string of the molecule is N/C(=N/O)c1ncccc1COCc1ccc(Br)cc1. The molecule has 2 rings (SSSR count). The van der Waals surface area contributed by atoms with E-state index in [1.54, 1.807) is 12.3 Å².